The molecular formula is C15H20F2N2O3S. The van der Waals surface area contributed by atoms with Crippen LogP contribution >= 0.6 is 0 Å². The summed E-state index contributed by atoms with van der Waals surface area (Å²) in [5.74, 6) is -1.70. The summed E-state index contributed by atoms with van der Waals surface area (Å²) in [5, 5.41) is 0. The van der Waals surface area contributed by atoms with E-state index in [1.165, 1.54) is 4.31 Å². The Morgan fingerprint density at radius 2 is 2.00 bits per heavy atom. The molecule has 0 aromatic heterocycles. The summed E-state index contributed by atoms with van der Waals surface area (Å²) >= 11 is 0. The first-order valence-electron chi connectivity index (χ1n) is 7.66. The van der Waals surface area contributed by atoms with E-state index in [1.54, 1.807) is 0 Å². The van der Waals surface area contributed by atoms with Crippen LogP contribution in [0.5, 0.6) is 0 Å². The van der Waals surface area contributed by atoms with Crippen LogP contribution in [0.2, 0.25) is 0 Å². The van der Waals surface area contributed by atoms with E-state index in [0.29, 0.717) is 0 Å². The summed E-state index contributed by atoms with van der Waals surface area (Å²) in [6.07, 6.45) is 1.85. The van der Waals surface area contributed by atoms with Crippen LogP contribution < -0.4 is 0 Å². The number of sulfonamides is 1. The van der Waals surface area contributed by atoms with Crippen LogP contribution in [0.15, 0.2) is 23.1 Å². The topological polar surface area (TPSA) is 49.9 Å². The fraction of sp³-hybridized carbons (Fsp3) is 0.600. The van der Waals surface area contributed by atoms with E-state index < -0.39 is 26.6 Å². The van der Waals surface area contributed by atoms with Crippen molar-refractivity contribution in [1.82, 2.24) is 9.21 Å². The van der Waals surface area contributed by atoms with Gasteiger partial charge in [-0.1, -0.05) is 0 Å². The maximum Gasteiger partial charge on any atom is 0.246 e. The summed E-state index contributed by atoms with van der Waals surface area (Å²) in [5.41, 5.74) is 0. The van der Waals surface area contributed by atoms with Gasteiger partial charge in [-0.2, -0.15) is 4.31 Å². The maximum absolute atomic E-state index is 14.0. The van der Waals surface area contributed by atoms with Gasteiger partial charge in [-0.05, 0) is 44.6 Å². The lowest BCUT2D eigenvalue weighted by atomic mass is 10.1. The van der Waals surface area contributed by atoms with E-state index in [2.05, 4.69) is 4.90 Å². The fourth-order valence-electron chi connectivity index (χ4n) is 3.43. The monoisotopic (exact) mass is 346 g/mol. The summed E-state index contributed by atoms with van der Waals surface area (Å²) in [4.78, 5) is 1.49. The minimum Gasteiger partial charge on any atom is -0.378 e. The van der Waals surface area contributed by atoms with Crippen molar-refractivity contribution in [2.24, 2.45) is 0 Å². The van der Waals surface area contributed by atoms with Gasteiger partial charge in [0.15, 0.2) is 0 Å². The van der Waals surface area contributed by atoms with Gasteiger partial charge in [0.1, 0.15) is 16.5 Å². The van der Waals surface area contributed by atoms with Crippen molar-refractivity contribution in [3.8, 4) is 0 Å². The Balaban J connectivity index is 1.97. The molecule has 0 radical (unpaired) electrons. The van der Waals surface area contributed by atoms with E-state index in [0.717, 1.165) is 37.6 Å². The van der Waals surface area contributed by atoms with Crippen LogP contribution in [-0.4, -0.2) is 63.1 Å². The number of benzene rings is 1. The zero-order valence-electron chi connectivity index (χ0n) is 12.9. The quantitative estimate of drug-likeness (QED) is 0.831. The predicted molar refractivity (Wildman–Crippen MR) is 80.5 cm³/mol. The highest BCUT2D eigenvalue weighted by atomic mass is 32.2. The SMILES string of the molecule is CN1CCCC1C1COCCN1S(=O)(=O)c1cc(F)ccc1F. The van der Waals surface area contributed by atoms with Crippen molar-refractivity contribution in [3.63, 3.8) is 0 Å². The standard InChI is InChI=1S/C15H20F2N2O3S/c1-18-6-2-3-13(18)14-10-22-8-7-19(14)23(20,21)15-9-11(16)4-5-12(15)17/h4-5,9,13-14H,2-3,6-8,10H2,1H3. The molecule has 5 nitrogen and oxygen atoms in total. The molecular weight excluding hydrogens is 326 g/mol. The van der Waals surface area contributed by atoms with Gasteiger partial charge in [-0.3, -0.25) is 0 Å². The highest BCUT2D eigenvalue weighted by Crippen LogP contribution is 2.29. The first-order valence-corrected chi connectivity index (χ1v) is 9.10. The Bertz CT molecular complexity index is 683. The molecule has 2 aliphatic rings. The lowest BCUT2D eigenvalue weighted by Crippen LogP contribution is -2.56. The Labute approximate surface area is 134 Å². The van der Waals surface area contributed by atoms with Crippen LogP contribution in [0.1, 0.15) is 12.8 Å². The number of halogens is 2. The van der Waals surface area contributed by atoms with Crippen LogP contribution in [0, 0.1) is 11.6 Å². The van der Waals surface area contributed by atoms with Gasteiger partial charge in [0, 0.05) is 12.6 Å². The number of morpholine rings is 1. The Morgan fingerprint density at radius 3 is 2.70 bits per heavy atom. The average molecular weight is 346 g/mol. The molecule has 0 aliphatic carbocycles. The highest BCUT2D eigenvalue weighted by molar-refractivity contribution is 7.89. The number of likely N-dealkylation sites (N-methyl/N-ethyl adjacent to an activating group) is 1. The zero-order chi connectivity index (χ0) is 16.6. The molecule has 3 rings (SSSR count). The molecule has 128 valence electrons. The smallest absolute Gasteiger partial charge is 0.246 e. The fourth-order valence-corrected chi connectivity index (χ4v) is 5.13. The van der Waals surface area contributed by atoms with Gasteiger partial charge in [0.25, 0.3) is 0 Å². The molecule has 0 amide bonds. The van der Waals surface area contributed by atoms with Gasteiger partial charge in [-0.25, -0.2) is 17.2 Å². The van der Waals surface area contributed by atoms with E-state index in [4.69, 9.17) is 4.74 Å². The molecule has 1 aromatic carbocycles. The van der Waals surface area contributed by atoms with Gasteiger partial charge in [0.05, 0.1) is 19.3 Å². The van der Waals surface area contributed by atoms with E-state index in [1.807, 2.05) is 7.05 Å². The van der Waals surface area contributed by atoms with Crippen molar-refractivity contribution in [3.05, 3.63) is 29.8 Å². The van der Waals surface area contributed by atoms with Gasteiger partial charge >= 0.3 is 0 Å². The summed E-state index contributed by atoms with van der Waals surface area (Å²) < 4.78 is 59.9. The molecule has 0 N–H and O–H groups in total. The molecule has 2 heterocycles. The summed E-state index contributed by atoms with van der Waals surface area (Å²) in [7, 11) is -2.17. The van der Waals surface area contributed by atoms with Gasteiger partial charge < -0.3 is 9.64 Å². The summed E-state index contributed by atoms with van der Waals surface area (Å²) in [6.45, 7) is 1.56. The van der Waals surface area contributed by atoms with Gasteiger partial charge in [-0.15, -0.1) is 0 Å². The third-order valence-corrected chi connectivity index (χ3v) is 6.55. The molecule has 2 atom stereocenters. The maximum atomic E-state index is 14.0. The number of hydrogen-bond donors (Lipinski definition) is 0. The Kier molecular flexibility index (Phi) is 4.68. The minimum atomic E-state index is -4.11. The molecule has 0 bridgehead atoms. The highest BCUT2D eigenvalue weighted by Gasteiger charge is 2.42. The largest absolute Gasteiger partial charge is 0.378 e. The van der Waals surface area contributed by atoms with Crippen LogP contribution in [0.4, 0.5) is 8.78 Å². The Hall–Kier alpha value is -1.09. The zero-order valence-corrected chi connectivity index (χ0v) is 13.7. The molecule has 2 aliphatic heterocycles. The van der Waals surface area contributed by atoms with Gasteiger partial charge in [0.2, 0.25) is 10.0 Å². The second-order valence-electron chi connectivity index (χ2n) is 6.02. The predicted octanol–water partition coefficient (Wildman–Crippen LogP) is 1.45. The third-order valence-electron chi connectivity index (χ3n) is 4.62. The normalized spacial score (nSPS) is 27.4. The summed E-state index contributed by atoms with van der Waals surface area (Å²) in [6, 6.07) is 2.15. The first-order chi connectivity index (χ1) is 10.9. The molecule has 0 saturated carbocycles. The minimum absolute atomic E-state index is 0.0293. The number of likely N-dealkylation sites (tertiary alicyclic amines) is 1. The van der Waals surface area contributed by atoms with Crippen molar-refractivity contribution >= 4 is 10.0 Å². The molecule has 1 aromatic rings. The van der Waals surface area contributed by atoms with E-state index in [9.17, 15) is 17.2 Å². The van der Waals surface area contributed by atoms with Crippen LogP contribution in [0.25, 0.3) is 0 Å². The molecule has 0 spiro atoms. The molecule has 23 heavy (non-hydrogen) atoms. The van der Waals surface area contributed by atoms with Crippen molar-refractivity contribution < 1.29 is 21.9 Å². The lowest BCUT2D eigenvalue weighted by Gasteiger charge is -2.40. The second kappa shape index (κ2) is 6.43. The lowest BCUT2D eigenvalue weighted by molar-refractivity contribution is 0.00516. The average Bonchev–Trinajstić information content (AvgIpc) is 2.95. The van der Waals surface area contributed by atoms with Crippen molar-refractivity contribution in [2.75, 3.05) is 33.4 Å². The van der Waals surface area contributed by atoms with Crippen molar-refractivity contribution in [1.29, 1.82) is 0 Å². The van der Waals surface area contributed by atoms with E-state index in [-0.39, 0.29) is 31.8 Å². The Morgan fingerprint density at radius 1 is 1.22 bits per heavy atom. The van der Waals surface area contributed by atoms with Crippen LogP contribution in [0.3, 0.4) is 0 Å². The third kappa shape index (κ3) is 3.13. The first kappa shape index (κ1) is 16.8. The molecule has 2 fully saturated rings. The number of rotatable bonds is 3. The number of nitrogens with zero attached hydrogens (tertiary/aromatic N) is 2. The molecule has 2 unspecified atom stereocenters. The van der Waals surface area contributed by atoms with Crippen molar-refractivity contribution in [2.45, 2.75) is 29.8 Å². The number of hydrogen-bond acceptors (Lipinski definition) is 4. The molecule has 8 heteroatoms. The van der Waals surface area contributed by atoms with Crippen LogP contribution in [-0.2, 0) is 14.8 Å². The van der Waals surface area contributed by atoms with E-state index >= 15 is 0 Å². The second-order valence-corrected chi connectivity index (χ2v) is 7.88. The molecule has 2 saturated heterocycles. The number of ether oxygens (including phenoxy) is 1.